The quantitative estimate of drug-likeness (QED) is 0.333. The summed E-state index contributed by atoms with van der Waals surface area (Å²) in [7, 11) is -1.39. The largest absolute Gasteiger partial charge is 0.489 e. The van der Waals surface area contributed by atoms with Gasteiger partial charge in [-0.1, -0.05) is 38.7 Å². The van der Waals surface area contributed by atoms with Crippen LogP contribution in [0.25, 0.3) is 0 Å². The zero-order chi connectivity index (χ0) is 25.9. The number of rotatable bonds is 10. The minimum atomic E-state index is -1.39. The maximum Gasteiger partial charge on any atom is 0.310 e. The summed E-state index contributed by atoms with van der Waals surface area (Å²) in [6.07, 6.45) is 4.32. The highest BCUT2D eigenvalue weighted by molar-refractivity contribution is 6.76. The topological polar surface area (TPSA) is 91.8 Å². The summed E-state index contributed by atoms with van der Waals surface area (Å²) < 4.78 is 17.2. The van der Waals surface area contributed by atoms with Gasteiger partial charge in [0.05, 0.1) is 31.0 Å². The number of ketones is 1. The second-order valence-electron chi connectivity index (χ2n) is 10.9. The molecule has 36 heavy (non-hydrogen) atoms. The zero-order valence-electron chi connectivity index (χ0n) is 21.5. The van der Waals surface area contributed by atoms with Crippen molar-refractivity contribution in [1.82, 2.24) is 4.98 Å². The lowest BCUT2D eigenvalue weighted by Gasteiger charge is -2.46. The predicted molar refractivity (Wildman–Crippen MR) is 137 cm³/mol. The van der Waals surface area contributed by atoms with Gasteiger partial charge in [0.2, 0.25) is 0 Å². The third-order valence-corrected chi connectivity index (χ3v) is 8.66. The minimum absolute atomic E-state index is 0.0403. The van der Waals surface area contributed by atoms with Gasteiger partial charge in [-0.05, 0) is 41.8 Å². The number of pyridine rings is 1. The Balaban J connectivity index is 1.62. The molecule has 1 unspecified atom stereocenters. The van der Waals surface area contributed by atoms with Crippen molar-refractivity contribution in [1.29, 1.82) is 0 Å². The lowest BCUT2D eigenvalue weighted by Crippen LogP contribution is -2.50. The molecule has 1 saturated carbocycles. The van der Waals surface area contributed by atoms with E-state index in [9.17, 15) is 14.4 Å². The molecule has 4 atom stereocenters. The number of aromatic nitrogens is 1. The number of hydrogen-bond donors (Lipinski definition) is 0. The molecular formula is C28H35NO6Si. The number of benzene rings is 1. The number of Topliss-reactive ketones (excluding diaryl/α,β-unsaturated/α-hetero) is 1. The van der Waals surface area contributed by atoms with Crippen LogP contribution in [0.3, 0.4) is 0 Å². The molecule has 1 fully saturated rings. The Kier molecular flexibility index (Phi) is 7.93. The molecule has 1 aromatic heterocycles. The molecule has 0 N–H and O–H groups in total. The molecule has 5 rings (SSSR count). The van der Waals surface area contributed by atoms with Crippen molar-refractivity contribution in [2.45, 2.75) is 63.9 Å². The third-order valence-electron chi connectivity index (χ3n) is 6.96. The molecule has 0 aliphatic heterocycles. The van der Waals surface area contributed by atoms with Gasteiger partial charge in [-0.25, -0.2) is 0 Å². The van der Waals surface area contributed by atoms with Crippen molar-refractivity contribution in [3.8, 4) is 5.75 Å². The Morgan fingerprint density at radius 1 is 1.03 bits per heavy atom. The minimum Gasteiger partial charge on any atom is -0.489 e. The highest BCUT2D eigenvalue weighted by Gasteiger charge is 2.57. The molecule has 1 heterocycles. The maximum absolute atomic E-state index is 13.3. The third kappa shape index (κ3) is 5.69. The predicted octanol–water partition coefficient (Wildman–Crippen LogP) is 4.88. The van der Waals surface area contributed by atoms with E-state index in [1.54, 1.807) is 12.4 Å². The number of carbonyl (C=O) groups excluding carboxylic acids is 3. The monoisotopic (exact) mass is 509 g/mol. The molecule has 7 nitrogen and oxygen atoms in total. The lowest BCUT2D eigenvalue weighted by molar-refractivity contribution is -0.167. The summed E-state index contributed by atoms with van der Waals surface area (Å²) in [4.78, 5) is 43.9. The molecule has 8 heteroatoms. The summed E-state index contributed by atoms with van der Waals surface area (Å²) in [5.41, 5.74) is 2.60. The highest BCUT2D eigenvalue weighted by atomic mass is 28.3. The van der Waals surface area contributed by atoms with Gasteiger partial charge in [-0.2, -0.15) is 0 Å². The van der Waals surface area contributed by atoms with Crippen LogP contribution in [0.5, 0.6) is 5.75 Å². The molecule has 0 radical (unpaired) electrons. The maximum atomic E-state index is 13.3. The van der Waals surface area contributed by atoms with E-state index in [0.29, 0.717) is 25.4 Å². The lowest BCUT2D eigenvalue weighted by atomic mass is 9.55. The standard InChI is InChI=1S/C28H35NO6Si/c1-5-11-33-28(32)26-24-21-14-19(35-17-18-7-6-10-29-16-18)8-9-20(21)22(15-23(24)30)25(26)27(31)34-12-13-36(2,3)4/h6-10,14,16,22,24-26H,5,11-13,15,17H2,1-4H3/t22?,24-,25-,26-/m1/s1. The molecular weight excluding hydrogens is 474 g/mol. The fraction of sp³-hybridized carbons (Fsp3) is 0.500. The molecule has 3 aliphatic carbocycles. The fourth-order valence-electron chi connectivity index (χ4n) is 5.15. The summed E-state index contributed by atoms with van der Waals surface area (Å²) >= 11 is 0. The van der Waals surface area contributed by atoms with E-state index >= 15 is 0 Å². The molecule has 192 valence electrons. The van der Waals surface area contributed by atoms with Gasteiger partial charge < -0.3 is 14.2 Å². The summed E-state index contributed by atoms with van der Waals surface area (Å²) in [5, 5.41) is 0. The van der Waals surface area contributed by atoms with Crippen molar-refractivity contribution < 1.29 is 28.6 Å². The van der Waals surface area contributed by atoms with Gasteiger partial charge in [0.15, 0.2) is 0 Å². The first-order valence-corrected chi connectivity index (χ1v) is 16.4. The second kappa shape index (κ2) is 10.9. The van der Waals surface area contributed by atoms with E-state index in [-0.39, 0.29) is 18.8 Å². The second-order valence-corrected chi connectivity index (χ2v) is 16.5. The first-order chi connectivity index (χ1) is 17.2. The van der Waals surface area contributed by atoms with E-state index < -0.39 is 43.7 Å². The normalized spacial score (nSPS) is 22.6. The molecule has 2 bridgehead atoms. The number of ether oxygens (including phenoxy) is 3. The number of nitrogens with zero attached hydrogens (tertiary/aromatic N) is 1. The van der Waals surface area contributed by atoms with Gasteiger partial charge in [-0.3, -0.25) is 19.4 Å². The summed E-state index contributed by atoms with van der Waals surface area (Å²) in [5.74, 6) is -3.11. The number of fused-ring (bicyclic) bond motifs is 2. The van der Waals surface area contributed by atoms with Crippen LogP contribution in [0.4, 0.5) is 0 Å². The van der Waals surface area contributed by atoms with Crippen molar-refractivity contribution in [2.75, 3.05) is 13.2 Å². The van der Waals surface area contributed by atoms with Gasteiger partial charge in [0.25, 0.3) is 0 Å². The smallest absolute Gasteiger partial charge is 0.310 e. The van der Waals surface area contributed by atoms with Crippen molar-refractivity contribution in [2.24, 2.45) is 11.8 Å². The molecule has 2 aromatic rings. The molecule has 0 spiro atoms. The van der Waals surface area contributed by atoms with Crippen molar-refractivity contribution in [3.63, 3.8) is 0 Å². The van der Waals surface area contributed by atoms with Gasteiger partial charge >= 0.3 is 11.9 Å². The average molecular weight is 510 g/mol. The van der Waals surface area contributed by atoms with Gasteiger partial charge in [0.1, 0.15) is 18.1 Å². The van der Waals surface area contributed by atoms with Crippen LogP contribution in [0.2, 0.25) is 25.7 Å². The van der Waals surface area contributed by atoms with Crippen LogP contribution >= 0.6 is 0 Å². The van der Waals surface area contributed by atoms with Crippen LogP contribution in [-0.4, -0.2) is 44.0 Å². The van der Waals surface area contributed by atoms with Gasteiger partial charge in [-0.15, -0.1) is 0 Å². The van der Waals surface area contributed by atoms with Crippen LogP contribution in [0.15, 0.2) is 42.7 Å². The fourth-order valence-corrected chi connectivity index (χ4v) is 5.86. The average Bonchev–Trinajstić information content (AvgIpc) is 2.85. The molecule has 0 amide bonds. The number of carbonyl (C=O) groups is 3. The van der Waals surface area contributed by atoms with Crippen molar-refractivity contribution in [3.05, 3.63) is 59.4 Å². The SMILES string of the molecule is CCCOC(=O)[C@H]1[C@H](C(=O)OCC[Si](C)(C)C)C2CC(=O)[C@H]1c1cc(OCc3cccnc3)ccc12. The Bertz CT molecular complexity index is 1110. The van der Waals surface area contributed by atoms with Crippen LogP contribution < -0.4 is 4.74 Å². The Hall–Kier alpha value is -3.00. The first-order valence-electron chi connectivity index (χ1n) is 12.7. The van der Waals surface area contributed by atoms with Crippen LogP contribution in [0.1, 0.15) is 48.3 Å². The molecule has 3 aliphatic rings. The van der Waals surface area contributed by atoms with Crippen LogP contribution in [0, 0.1) is 11.8 Å². The van der Waals surface area contributed by atoms with E-state index in [0.717, 1.165) is 22.7 Å². The Labute approximate surface area is 213 Å². The summed E-state index contributed by atoms with van der Waals surface area (Å²) in [6.45, 7) is 9.49. The highest BCUT2D eigenvalue weighted by Crippen LogP contribution is 2.55. The van der Waals surface area contributed by atoms with E-state index in [1.165, 1.54) is 0 Å². The first kappa shape index (κ1) is 26.1. The number of hydrogen-bond acceptors (Lipinski definition) is 7. The van der Waals surface area contributed by atoms with E-state index in [2.05, 4.69) is 24.6 Å². The van der Waals surface area contributed by atoms with E-state index in [1.807, 2.05) is 37.3 Å². The van der Waals surface area contributed by atoms with Crippen LogP contribution in [-0.2, 0) is 30.5 Å². The Morgan fingerprint density at radius 2 is 1.78 bits per heavy atom. The van der Waals surface area contributed by atoms with Crippen molar-refractivity contribution >= 4 is 25.8 Å². The number of esters is 2. The van der Waals surface area contributed by atoms with E-state index in [4.69, 9.17) is 14.2 Å². The Morgan fingerprint density at radius 3 is 2.47 bits per heavy atom. The molecule has 0 saturated heterocycles. The molecule has 1 aromatic carbocycles. The zero-order valence-corrected chi connectivity index (χ0v) is 22.5. The summed E-state index contributed by atoms with van der Waals surface area (Å²) in [6, 6.07) is 10.2. The van der Waals surface area contributed by atoms with Gasteiger partial charge in [0, 0.05) is 38.4 Å².